The topological polar surface area (TPSA) is 152 Å². The molecule has 2 heterocycles. The van der Waals surface area contributed by atoms with Crippen molar-refractivity contribution in [3.63, 3.8) is 0 Å². The van der Waals surface area contributed by atoms with Crippen LogP contribution in [0.15, 0.2) is 24.3 Å². The molecule has 2 saturated heterocycles. The molecule has 0 aromatic heterocycles. The predicted octanol–water partition coefficient (Wildman–Crippen LogP) is 0.391. The van der Waals surface area contributed by atoms with Gasteiger partial charge in [0.05, 0.1) is 23.0 Å². The van der Waals surface area contributed by atoms with Crippen LogP contribution in [-0.2, 0) is 33.3 Å². The predicted molar refractivity (Wildman–Crippen MR) is 120 cm³/mol. The lowest BCUT2D eigenvalue weighted by Gasteiger charge is -2.56. The summed E-state index contributed by atoms with van der Waals surface area (Å²) < 4.78 is 22.6. The van der Waals surface area contributed by atoms with Gasteiger partial charge in [0.1, 0.15) is 24.4 Å². The van der Waals surface area contributed by atoms with Gasteiger partial charge in [0.25, 0.3) is 0 Å². The maximum absolute atomic E-state index is 12.7. The van der Waals surface area contributed by atoms with Gasteiger partial charge in [-0.15, -0.1) is 11.6 Å². The summed E-state index contributed by atoms with van der Waals surface area (Å²) in [5.41, 5.74) is -5.39. The summed E-state index contributed by atoms with van der Waals surface area (Å²) >= 11 is 6.62. The first kappa shape index (κ1) is 26.1. The molecule has 0 radical (unpaired) electrons. The van der Waals surface area contributed by atoms with Gasteiger partial charge < -0.3 is 34.3 Å². The molecule has 2 aliphatic carbocycles. The molecule has 0 bridgehead atoms. The van der Waals surface area contributed by atoms with Gasteiger partial charge in [0, 0.05) is 25.2 Å². The number of epoxide rings is 1. The zero-order valence-corrected chi connectivity index (χ0v) is 20.9. The Kier molecular flexibility index (Phi) is 6.17. The van der Waals surface area contributed by atoms with Gasteiger partial charge in [0.15, 0.2) is 11.7 Å². The third kappa shape index (κ3) is 3.64. The van der Waals surface area contributed by atoms with E-state index in [0.717, 1.165) is 6.92 Å². The summed E-state index contributed by atoms with van der Waals surface area (Å²) in [5.74, 6) is -4.79. The number of ether oxygens (including phenoxy) is 4. The normalized spacial score (nSPS) is 50.8. The van der Waals surface area contributed by atoms with Crippen molar-refractivity contribution < 1.29 is 48.7 Å². The van der Waals surface area contributed by atoms with E-state index in [0.29, 0.717) is 0 Å². The van der Waals surface area contributed by atoms with Crippen LogP contribution < -0.4 is 0 Å². The maximum Gasteiger partial charge on any atom is 0.312 e. The summed E-state index contributed by atoms with van der Waals surface area (Å²) in [6.07, 6.45) is -4.09. The summed E-state index contributed by atoms with van der Waals surface area (Å²) in [6.45, 7) is 10.6. The molecule has 35 heavy (non-hydrogen) atoms. The Morgan fingerprint density at radius 1 is 1.14 bits per heavy atom. The fraction of sp³-hybridized carbons (Fsp3) is 0.708. The third-order valence-corrected chi connectivity index (χ3v) is 8.67. The SMILES string of the molecule is C=C1C=CC(OC(C)=O)C2(C)C3OC3C(O)C(C)(O)C2C(OC(C)=O)C2(O)C(C)C(=O)OC2C1Cl. The average molecular weight is 515 g/mol. The number of aliphatic hydroxyl groups is 3. The van der Waals surface area contributed by atoms with Crippen molar-refractivity contribution in [3.8, 4) is 0 Å². The highest BCUT2D eigenvalue weighted by atomic mass is 35.5. The second-order valence-corrected chi connectivity index (χ2v) is 10.9. The molecule has 3 N–H and O–H groups in total. The van der Waals surface area contributed by atoms with E-state index in [2.05, 4.69) is 6.58 Å². The van der Waals surface area contributed by atoms with E-state index in [4.69, 9.17) is 30.5 Å². The summed E-state index contributed by atoms with van der Waals surface area (Å²) in [7, 11) is 0. The summed E-state index contributed by atoms with van der Waals surface area (Å²) in [5, 5.41) is 33.8. The molecule has 4 aliphatic rings. The molecule has 0 amide bonds. The smallest absolute Gasteiger partial charge is 0.312 e. The van der Waals surface area contributed by atoms with Crippen LogP contribution in [0.4, 0.5) is 0 Å². The number of fused-ring (bicyclic) bond motifs is 4. The summed E-state index contributed by atoms with van der Waals surface area (Å²) in [4.78, 5) is 37.2. The van der Waals surface area contributed by atoms with Crippen LogP contribution in [0.25, 0.3) is 0 Å². The third-order valence-electron chi connectivity index (χ3n) is 8.16. The van der Waals surface area contributed by atoms with Crippen LogP contribution in [-0.4, -0.2) is 86.4 Å². The van der Waals surface area contributed by atoms with Crippen molar-refractivity contribution in [2.75, 3.05) is 0 Å². The van der Waals surface area contributed by atoms with E-state index in [1.54, 1.807) is 6.92 Å². The van der Waals surface area contributed by atoms with Crippen LogP contribution in [0.1, 0.15) is 34.6 Å². The number of aliphatic hydroxyl groups excluding tert-OH is 1. The Labute approximate surface area is 207 Å². The molecular weight excluding hydrogens is 484 g/mol. The largest absolute Gasteiger partial charge is 0.459 e. The van der Waals surface area contributed by atoms with Crippen molar-refractivity contribution in [1.82, 2.24) is 0 Å². The second-order valence-electron chi connectivity index (χ2n) is 10.4. The molecule has 4 rings (SSSR count). The van der Waals surface area contributed by atoms with E-state index in [-0.39, 0.29) is 5.57 Å². The molecular formula is C24H31ClO10. The van der Waals surface area contributed by atoms with Crippen molar-refractivity contribution in [2.45, 2.75) is 87.8 Å². The van der Waals surface area contributed by atoms with Crippen LogP contribution >= 0.6 is 11.6 Å². The monoisotopic (exact) mass is 514 g/mol. The van der Waals surface area contributed by atoms with Gasteiger partial charge in [-0.05, 0) is 25.5 Å². The molecule has 0 spiro atoms. The Morgan fingerprint density at radius 2 is 1.74 bits per heavy atom. The number of rotatable bonds is 2. The highest BCUT2D eigenvalue weighted by Gasteiger charge is 2.78. The lowest BCUT2D eigenvalue weighted by atomic mass is 9.52. The Hall–Kier alpha value is -1.98. The van der Waals surface area contributed by atoms with E-state index < -0.39 is 88.4 Å². The lowest BCUT2D eigenvalue weighted by molar-refractivity contribution is -0.255. The number of esters is 3. The molecule has 10 nitrogen and oxygen atoms in total. The molecule has 1 saturated carbocycles. The number of hydrogen-bond acceptors (Lipinski definition) is 10. The zero-order valence-electron chi connectivity index (χ0n) is 20.1. The van der Waals surface area contributed by atoms with Gasteiger partial charge in [-0.25, -0.2) is 0 Å². The number of carbonyl (C=O) groups excluding carboxylic acids is 3. The van der Waals surface area contributed by atoms with Gasteiger partial charge in [0.2, 0.25) is 0 Å². The van der Waals surface area contributed by atoms with E-state index in [1.807, 2.05) is 0 Å². The highest BCUT2D eigenvalue weighted by Crippen LogP contribution is 2.62. The fourth-order valence-electron chi connectivity index (χ4n) is 6.28. The molecule has 0 aromatic rings. The molecule has 11 heteroatoms. The van der Waals surface area contributed by atoms with Crippen molar-refractivity contribution >= 4 is 29.5 Å². The molecule has 2 aliphatic heterocycles. The van der Waals surface area contributed by atoms with Crippen LogP contribution in [0.5, 0.6) is 0 Å². The van der Waals surface area contributed by atoms with E-state index in [9.17, 15) is 29.7 Å². The highest BCUT2D eigenvalue weighted by molar-refractivity contribution is 6.23. The first-order chi connectivity index (χ1) is 16.1. The van der Waals surface area contributed by atoms with E-state index >= 15 is 0 Å². The first-order valence-corrected chi connectivity index (χ1v) is 11.9. The lowest BCUT2D eigenvalue weighted by Crippen LogP contribution is -2.73. The molecule has 12 atom stereocenters. The maximum atomic E-state index is 12.7. The Bertz CT molecular complexity index is 993. The second kappa shape index (κ2) is 8.27. The standard InChI is InChI=1S/C24H31ClO10/c1-9-7-8-13(32-11(3)26)22(5)16(23(6,30)17(28)15-19(22)34-15)20(33-12(4)27)24(31)10(2)21(29)35-18(24)14(9)25/h7-8,10,13-20,28,30-31H,1H2,2-6H3. The zero-order chi connectivity index (χ0) is 26.2. The molecule has 0 aromatic carbocycles. The van der Waals surface area contributed by atoms with Gasteiger partial charge in [-0.3, -0.25) is 14.4 Å². The number of alkyl halides is 1. The van der Waals surface area contributed by atoms with Gasteiger partial charge in [-0.2, -0.15) is 0 Å². The average Bonchev–Trinajstić information content (AvgIpc) is 3.53. The number of carbonyl (C=O) groups is 3. The first-order valence-electron chi connectivity index (χ1n) is 11.4. The fourth-order valence-corrected chi connectivity index (χ4v) is 6.60. The van der Waals surface area contributed by atoms with Crippen molar-refractivity contribution in [2.24, 2.45) is 17.3 Å². The Balaban J connectivity index is 2.04. The van der Waals surface area contributed by atoms with Crippen molar-refractivity contribution in [3.05, 3.63) is 24.3 Å². The molecule has 194 valence electrons. The van der Waals surface area contributed by atoms with Crippen LogP contribution in [0.2, 0.25) is 0 Å². The van der Waals surface area contributed by atoms with Crippen LogP contribution in [0.3, 0.4) is 0 Å². The minimum atomic E-state index is -2.25. The van der Waals surface area contributed by atoms with Gasteiger partial charge in [-0.1, -0.05) is 19.6 Å². The number of allylic oxidation sites excluding steroid dienone is 1. The quantitative estimate of drug-likeness (QED) is 0.204. The number of hydrogen-bond donors (Lipinski definition) is 3. The van der Waals surface area contributed by atoms with Gasteiger partial charge >= 0.3 is 17.9 Å². The Morgan fingerprint density at radius 3 is 2.31 bits per heavy atom. The summed E-state index contributed by atoms with van der Waals surface area (Å²) in [6, 6.07) is 0. The molecule has 3 fully saturated rings. The minimum absolute atomic E-state index is 0.244. The molecule has 12 unspecified atom stereocenters. The van der Waals surface area contributed by atoms with E-state index in [1.165, 1.54) is 32.9 Å². The van der Waals surface area contributed by atoms with Crippen LogP contribution in [0, 0.1) is 17.3 Å². The minimum Gasteiger partial charge on any atom is -0.459 e. The number of halogens is 1. The van der Waals surface area contributed by atoms with Crippen molar-refractivity contribution in [1.29, 1.82) is 0 Å².